The van der Waals surface area contributed by atoms with E-state index in [9.17, 15) is 14.7 Å². The molecule has 9 nitrogen and oxygen atoms in total. The third-order valence-corrected chi connectivity index (χ3v) is 5.56. The molecule has 5 rings (SSSR count). The van der Waals surface area contributed by atoms with Crippen LogP contribution in [-0.4, -0.2) is 36.9 Å². The lowest BCUT2D eigenvalue weighted by atomic mass is 10.00. The number of para-hydroxylation sites is 1. The molecule has 9 heteroatoms. The first-order chi connectivity index (χ1) is 17.0. The predicted molar refractivity (Wildman–Crippen MR) is 134 cm³/mol. The minimum absolute atomic E-state index is 0.0695. The summed E-state index contributed by atoms with van der Waals surface area (Å²) >= 11 is 0. The summed E-state index contributed by atoms with van der Waals surface area (Å²) < 4.78 is 1.82. The molecule has 174 valence electrons. The van der Waals surface area contributed by atoms with Crippen LogP contribution in [0.3, 0.4) is 0 Å². The first kappa shape index (κ1) is 21.9. The van der Waals surface area contributed by atoms with E-state index in [0.29, 0.717) is 34.6 Å². The van der Waals surface area contributed by atoms with Gasteiger partial charge in [0.1, 0.15) is 17.0 Å². The van der Waals surface area contributed by atoms with Crippen LogP contribution in [0.25, 0.3) is 33.4 Å². The normalized spacial score (nSPS) is 10.9. The Morgan fingerprint density at radius 2 is 1.74 bits per heavy atom. The van der Waals surface area contributed by atoms with Gasteiger partial charge in [-0.15, -0.1) is 0 Å². The van der Waals surface area contributed by atoms with Gasteiger partial charge in [0, 0.05) is 46.8 Å². The summed E-state index contributed by atoms with van der Waals surface area (Å²) in [4.78, 5) is 31.1. The molecule has 5 aromatic rings. The molecule has 35 heavy (non-hydrogen) atoms. The van der Waals surface area contributed by atoms with Crippen LogP contribution in [0.2, 0.25) is 0 Å². The van der Waals surface area contributed by atoms with Crippen LogP contribution in [0.4, 0.5) is 16.2 Å². The van der Waals surface area contributed by atoms with Crippen molar-refractivity contribution in [1.29, 1.82) is 0 Å². The third-order valence-electron chi connectivity index (χ3n) is 5.56. The quantitative estimate of drug-likeness (QED) is 0.265. The Balaban J connectivity index is 1.51. The highest BCUT2D eigenvalue weighted by molar-refractivity contribution is 6.02. The largest absolute Gasteiger partial charge is 0.477 e. The number of aryl methyl sites for hydroxylation is 1. The number of aromatic carboxylic acids is 1. The number of aromatic nitrogens is 4. The van der Waals surface area contributed by atoms with Gasteiger partial charge in [-0.2, -0.15) is 5.10 Å². The summed E-state index contributed by atoms with van der Waals surface area (Å²) in [6.45, 7) is 2.65. The number of amides is 2. The molecule has 4 N–H and O–H groups in total. The number of carbonyl (C=O) groups excluding carboxylic acids is 1. The van der Waals surface area contributed by atoms with E-state index in [4.69, 9.17) is 5.10 Å². The van der Waals surface area contributed by atoms with E-state index in [1.807, 2.05) is 72.4 Å². The van der Waals surface area contributed by atoms with Crippen molar-refractivity contribution in [3.05, 3.63) is 84.8 Å². The van der Waals surface area contributed by atoms with Gasteiger partial charge in [0.05, 0.1) is 0 Å². The second kappa shape index (κ2) is 9.14. The van der Waals surface area contributed by atoms with Crippen LogP contribution in [0.1, 0.15) is 17.4 Å². The number of nitrogens with zero attached hydrogens (tertiary/aromatic N) is 3. The number of pyridine rings is 1. The van der Waals surface area contributed by atoms with E-state index >= 15 is 0 Å². The second-order valence-electron chi connectivity index (χ2n) is 7.88. The van der Waals surface area contributed by atoms with Gasteiger partial charge in [-0.3, -0.25) is 4.68 Å². The molecule has 2 amide bonds. The fraction of sp³-hybridized carbons (Fsp3) is 0.0769. The maximum Gasteiger partial charge on any atom is 0.352 e. The first-order valence-corrected chi connectivity index (χ1v) is 11.0. The second-order valence-corrected chi connectivity index (χ2v) is 7.88. The minimum Gasteiger partial charge on any atom is -0.477 e. The SMILES string of the molecule is CCn1cc(-c2ccnc3[nH]c(C(=O)O)cc23)c(-c2cccc(NC(=O)Nc3ccccc3)c2)n1. The Hall–Kier alpha value is -4.92. The van der Waals surface area contributed by atoms with Crippen molar-refractivity contribution in [3.8, 4) is 22.4 Å². The zero-order chi connectivity index (χ0) is 24.4. The van der Waals surface area contributed by atoms with Crippen molar-refractivity contribution in [3.63, 3.8) is 0 Å². The summed E-state index contributed by atoms with van der Waals surface area (Å²) in [5.74, 6) is -1.05. The molecule has 0 spiro atoms. The lowest BCUT2D eigenvalue weighted by molar-refractivity contribution is 0.0691. The van der Waals surface area contributed by atoms with Gasteiger partial charge in [0.25, 0.3) is 0 Å². The fourth-order valence-electron chi connectivity index (χ4n) is 3.93. The van der Waals surface area contributed by atoms with E-state index in [0.717, 1.165) is 16.7 Å². The van der Waals surface area contributed by atoms with Gasteiger partial charge in [-0.1, -0.05) is 30.3 Å². The molecule has 0 saturated heterocycles. The summed E-state index contributed by atoms with van der Waals surface area (Å²) in [7, 11) is 0. The number of anilines is 2. The summed E-state index contributed by atoms with van der Waals surface area (Å²) in [6, 6.07) is 19.7. The molecule has 0 fully saturated rings. The Morgan fingerprint density at radius 3 is 2.51 bits per heavy atom. The molecule has 2 aromatic carbocycles. The van der Waals surface area contributed by atoms with Crippen molar-refractivity contribution in [2.24, 2.45) is 0 Å². The molecule has 0 radical (unpaired) electrons. The summed E-state index contributed by atoms with van der Waals surface area (Å²) in [5.41, 5.74) is 5.03. The van der Waals surface area contributed by atoms with Crippen molar-refractivity contribution in [1.82, 2.24) is 19.7 Å². The van der Waals surface area contributed by atoms with Gasteiger partial charge in [0.15, 0.2) is 0 Å². The molecule has 0 saturated carbocycles. The number of nitrogens with one attached hydrogen (secondary N) is 3. The molecular weight excluding hydrogens is 444 g/mol. The molecular formula is C26H22N6O3. The zero-order valence-electron chi connectivity index (χ0n) is 18.8. The number of hydrogen-bond acceptors (Lipinski definition) is 4. The number of aromatic amines is 1. The number of carboxylic acids is 1. The van der Waals surface area contributed by atoms with Crippen molar-refractivity contribution in [2.75, 3.05) is 10.6 Å². The summed E-state index contributed by atoms with van der Waals surface area (Å²) in [6.07, 6.45) is 3.57. The average molecular weight is 467 g/mol. The van der Waals surface area contributed by atoms with E-state index in [1.54, 1.807) is 18.3 Å². The number of fused-ring (bicyclic) bond motifs is 1. The van der Waals surface area contributed by atoms with Crippen LogP contribution < -0.4 is 10.6 Å². The molecule has 0 unspecified atom stereocenters. The van der Waals surface area contributed by atoms with E-state index in [1.165, 1.54) is 0 Å². The maximum absolute atomic E-state index is 12.5. The lowest BCUT2D eigenvalue weighted by Gasteiger charge is -2.09. The Labute approximate surface area is 200 Å². The summed E-state index contributed by atoms with van der Waals surface area (Å²) in [5, 5.41) is 20.5. The number of hydrogen-bond donors (Lipinski definition) is 4. The standard InChI is InChI=1S/C26H22N6O3/c1-2-32-15-21(19-11-12-27-24-20(19)14-22(30-24)25(33)34)23(31-32)16-7-6-10-18(13-16)29-26(35)28-17-8-4-3-5-9-17/h3-15H,2H2,1H3,(H,27,30)(H,33,34)(H2,28,29,35). The number of carboxylic acid groups (broad SMARTS) is 1. The van der Waals surface area contributed by atoms with Gasteiger partial charge in [-0.05, 0) is 48.9 Å². The Morgan fingerprint density at radius 1 is 0.971 bits per heavy atom. The minimum atomic E-state index is -1.05. The number of rotatable bonds is 6. The van der Waals surface area contributed by atoms with Crippen molar-refractivity contribution >= 4 is 34.4 Å². The smallest absolute Gasteiger partial charge is 0.352 e. The van der Waals surface area contributed by atoms with Gasteiger partial charge in [0.2, 0.25) is 0 Å². The topological polar surface area (TPSA) is 125 Å². The van der Waals surface area contributed by atoms with Crippen molar-refractivity contribution < 1.29 is 14.7 Å². The first-order valence-electron chi connectivity index (χ1n) is 11.0. The highest BCUT2D eigenvalue weighted by atomic mass is 16.4. The monoisotopic (exact) mass is 466 g/mol. The number of carbonyl (C=O) groups is 2. The van der Waals surface area contributed by atoms with Gasteiger partial charge in [-0.25, -0.2) is 14.6 Å². The average Bonchev–Trinajstić information content (AvgIpc) is 3.49. The Bertz CT molecular complexity index is 1540. The lowest BCUT2D eigenvalue weighted by Crippen LogP contribution is -2.19. The highest BCUT2D eigenvalue weighted by Crippen LogP contribution is 2.36. The van der Waals surface area contributed by atoms with E-state index < -0.39 is 5.97 Å². The number of benzene rings is 2. The molecule has 0 atom stereocenters. The van der Waals surface area contributed by atoms with E-state index in [-0.39, 0.29) is 11.7 Å². The maximum atomic E-state index is 12.5. The number of H-pyrrole nitrogens is 1. The van der Waals surface area contributed by atoms with Crippen molar-refractivity contribution in [2.45, 2.75) is 13.5 Å². The van der Waals surface area contributed by atoms with Gasteiger partial charge < -0.3 is 20.7 Å². The molecule has 0 aliphatic heterocycles. The van der Waals surface area contributed by atoms with Crippen LogP contribution in [-0.2, 0) is 6.54 Å². The van der Waals surface area contributed by atoms with Gasteiger partial charge >= 0.3 is 12.0 Å². The van der Waals surface area contributed by atoms with Crippen LogP contribution >= 0.6 is 0 Å². The molecule has 0 bridgehead atoms. The third kappa shape index (κ3) is 4.47. The number of urea groups is 1. The molecule has 3 aromatic heterocycles. The molecule has 0 aliphatic rings. The van der Waals surface area contributed by atoms with Crippen LogP contribution in [0, 0.1) is 0 Å². The van der Waals surface area contributed by atoms with E-state index in [2.05, 4.69) is 20.6 Å². The Kier molecular flexibility index (Phi) is 5.72. The van der Waals surface area contributed by atoms with Crippen LogP contribution in [0.5, 0.6) is 0 Å². The highest BCUT2D eigenvalue weighted by Gasteiger charge is 2.18. The molecule has 3 heterocycles. The zero-order valence-corrected chi connectivity index (χ0v) is 18.8. The molecule has 0 aliphatic carbocycles. The predicted octanol–water partition coefficient (Wildman–Crippen LogP) is 5.46. The van der Waals surface area contributed by atoms with Crippen LogP contribution in [0.15, 0.2) is 79.1 Å². The fourth-order valence-corrected chi connectivity index (χ4v) is 3.93.